The van der Waals surface area contributed by atoms with Crippen LogP contribution in [0, 0.1) is 0 Å². The number of rotatable bonds is 2. The van der Waals surface area contributed by atoms with Crippen LogP contribution in [0.3, 0.4) is 0 Å². The number of piperidine rings is 1. The molecule has 98 valence electrons. The first kappa shape index (κ1) is 12.3. The van der Waals surface area contributed by atoms with Crippen LogP contribution in [0.25, 0.3) is 0 Å². The van der Waals surface area contributed by atoms with E-state index in [0.29, 0.717) is 6.17 Å². The number of hydrazine groups is 1. The Morgan fingerprint density at radius 3 is 2.24 bits per heavy atom. The van der Waals surface area contributed by atoms with E-state index in [1.165, 1.54) is 76.3 Å². The molecule has 1 unspecified atom stereocenters. The summed E-state index contributed by atoms with van der Waals surface area (Å²) in [5, 5.41) is 5.37. The highest BCUT2D eigenvalue weighted by Gasteiger charge is 2.33. The van der Waals surface area contributed by atoms with E-state index in [9.17, 15) is 0 Å². The molecular formula is C13H25N3S. The van der Waals surface area contributed by atoms with Gasteiger partial charge >= 0.3 is 0 Å². The molecule has 3 fully saturated rings. The predicted molar refractivity (Wildman–Crippen MR) is 74.1 cm³/mol. The fraction of sp³-hybridized carbons (Fsp3) is 1.00. The molecule has 4 heteroatoms. The van der Waals surface area contributed by atoms with Gasteiger partial charge in [-0.25, -0.2) is 10.0 Å². The monoisotopic (exact) mass is 255 g/mol. The standard InChI is InChI=1S/C13H25N3S/c1-2-8-15(9-3-1)16-10-11-17-12-13(16)14-6-4-5-7-14/h13H,1-12H2. The third-order valence-electron chi connectivity index (χ3n) is 4.33. The van der Waals surface area contributed by atoms with Crippen LogP contribution in [-0.2, 0) is 0 Å². The molecule has 3 heterocycles. The maximum Gasteiger partial charge on any atom is 0.0852 e. The van der Waals surface area contributed by atoms with Crippen molar-refractivity contribution in [1.82, 2.24) is 14.9 Å². The Morgan fingerprint density at radius 1 is 0.765 bits per heavy atom. The van der Waals surface area contributed by atoms with Gasteiger partial charge in [-0.3, -0.25) is 4.90 Å². The van der Waals surface area contributed by atoms with E-state index < -0.39 is 0 Å². The third-order valence-corrected chi connectivity index (χ3v) is 5.34. The molecule has 0 spiro atoms. The summed E-state index contributed by atoms with van der Waals surface area (Å²) in [7, 11) is 0. The summed E-state index contributed by atoms with van der Waals surface area (Å²) in [5.74, 6) is 2.64. The lowest BCUT2D eigenvalue weighted by molar-refractivity contribution is -0.107. The molecule has 0 radical (unpaired) electrons. The summed E-state index contributed by atoms with van der Waals surface area (Å²) in [6.45, 7) is 6.53. The van der Waals surface area contributed by atoms with Gasteiger partial charge in [0.05, 0.1) is 6.17 Å². The summed E-state index contributed by atoms with van der Waals surface area (Å²) < 4.78 is 0. The minimum absolute atomic E-state index is 0.703. The van der Waals surface area contributed by atoms with Gasteiger partial charge in [0, 0.05) is 31.1 Å². The van der Waals surface area contributed by atoms with Crippen LogP contribution >= 0.6 is 11.8 Å². The van der Waals surface area contributed by atoms with Crippen LogP contribution in [0.1, 0.15) is 32.1 Å². The van der Waals surface area contributed by atoms with Crippen molar-refractivity contribution in [1.29, 1.82) is 0 Å². The molecule has 3 saturated heterocycles. The first-order valence-corrected chi connectivity index (χ1v) is 8.44. The van der Waals surface area contributed by atoms with Crippen molar-refractivity contribution in [3.05, 3.63) is 0 Å². The van der Waals surface area contributed by atoms with Gasteiger partial charge in [-0.1, -0.05) is 6.42 Å². The van der Waals surface area contributed by atoms with Crippen LogP contribution in [0.15, 0.2) is 0 Å². The van der Waals surface area contributed by atoms with Crippen molar-refractivity contribution in [3.8, 4) is 0 Å². The van der Waals surface area contributed by atoms with Gasteiger partial charge in [-0.05, 0) is 38.8 Å². The first-order valence-electron chi connectivity index (χ1n) is 7.28. The Kier molecular flexibility index (Phi) is 4.27. The molecule has 0 aromatic carbocycles. The van der Waals surface area contributed by atoms with Crippen molar-refractivity contribution in [2.75, 3.05) is 44.2 Å². The van der Waals surface area contributed by atoms with E-state index in [0.717, 1.165) is 0 Å². The molecule has 0 aromatic rings. The molecule has 17 heavy (non-hydrogen) atoms. The molecular weight excluding hydrogens is 230 g/mol. The lowest BCUT2D eigenvalue weighted by Gasteiger charge is -2.47. The second-order valence-corrected chi connectivity index (χ2v) is 6.63. The zero-order valence-corrected chi connectivity index (χ0v) is 11.6. The molecule has 3 aliphatic rings. The van der Waals surface area contributed by atoms with Gasteiger partial charge in [0.15, 0.2) is 0 Å². The molecule has 0 N–H and O–H groups in total. The van der Waals surface area contributed by atoms with Crippen LogP contribution in [0.5, 0.6) is 0 Å². The minimum Gasteiger partial charge on any atom is -0.286 e. The van der Waals surface area contributed by atoms with E-state index >= 15 is 0 Å². The van der Waals surface area contributed by atoms with Crippen molar-refractivity contribution >= 4 is 11.8 Å². The van der Waals surface area contributed by atoms with E-state index in [-0.39, 0.29) is 0 Å². The molecule has 3 nitrogen and oxygen atoms in total. The van der Waals surface area contributed by atoms with Crippen LogP contribution in [0.4, 0.5) is 0 Å². The maximum atomic E-state index is 2.72. The lowest BCUT2D eigenvalue weighted by atomic mass is 10.1. The predicted octanol–water partition coefficient (Wildman–Crippen LogP) is 1.86. The van der Waals surface area contributed by atoms with Gasteiger partial charge < -0.3 is 0 Å². The second-order valence-electron chi connectivity index (χ2n) is 5.48. The normalized spacial score (nSPS) is 34.2. The van der Waals surface area contributed by atoms with Gasteiger partial charge in [-0.15, -0.1) is 0 Å². The topological polar surface area (TPSA) is 9.72 Å². The lowest BCUT2D eigenvalue weighted by Crippen LogP contribution is -2.60. The number of thioether (sulfide) groups is 1. The van der Waals surface area contributed by atoms with Gasteiger partial charge in [0.2, 0.25) is 0 Å². The highest BCUT2D eigenvalue weighted by molar-refractivity contribution is 7.99. The zero-order chi connectivity index (χ0) is 11.5. The third kappa shape index (κ3) is 2.80. The number of hydrogen-bond acceptors (Lipinski definition) is 4. The Morgan fingerprint density at radius 2 is 1.47 bits per heavy atom. The van der Waals surface area contributed by atoms with E-state index in [1.807, 2.05) is 0 Å². The molecule has 3 aliphatic heterocycles. The number of nitrogens with zero attached hydrogens (tertiary/aromatic N) is 3. The molecule has 1 atom stereocenters. The average molecular weight is 255 g/mol. The number of likely N-dealkylation sites (tertiary alicyclic amines) is 1. The van der Waals surface area contributed by atoms with Crippen molar-refractivity contribution in [2.45, 2.75) is 38.3 Å². The van der Waals surface area contributed by atoms with Crippen LogP contribution in [0.2, 0.25) is 0 Å². The SMILES string of the molecule is C1CCN(N2CCSCC2N2CCCC2)CC1. The molecule has 0 aliphatic carbocycles. The molecule has 0 amide bonds. The Labute approximate surface area is 109 Å². The maximum absolute atomic E-state index is 2.72. The summed E-state index contributed by atoms with van der Waals surface area (Å²) in [6.07, 6.45) is 7.76. The summed E-state index contributed by atoms with van der Waals surface area (Å²) in [4.78, 5) is 2.72. The quantitative estimate of drug-likeness (QED) is 0.745. The largest absolute Gasteiger partial charge is 0.286 e. The van der Waals surface area contributed by atoms with Crippen LogP contribution in [-0.4, -0.2) is 65.3 Å². The number of hydrogen-bond donors (Lipinski definition) is 0. The van der Waals surface area contributed by atoms with Crippen molar-refractivity contribution in [3.63, 3.8) is 0 Å². The smallest absolute Gasteiger partial charge is 0.0852 e. The summed E-state index contributed by atoms with van der Waals surface area (Å²) in [5.41, 5.74) is 0. The molecule has 0 saturated carbocycles. The minimum atomic E-state index is 0.703. The highest BCUT2D eigenvalue weighted by atomic mass is 32.2. The van der Waals surface area contributed by atoms with Gasteiger partial charge in [0.25, 0.3) is 0 Å². The Balaban J connectivity index is 1.65. The fourth-order valence-corrected chi connectivity index (χ4v) is 4.46. The van der Waals surface area contributed by atoms with Gasteiger partial charge in [0.1, 0.15) is 0 Å². The van der Waals surface area contributed by atoms with Crippen LogP contribution < -0.4 is 0 Å². The van der Waals surface area contributed by atoms with Crippen molar-refractivity contribution in [2.24, 2.45) is 0 Å². The van der Waals surface area contributed by atoms with Crippen molar-refractivity contribution < 1.29 is 0 Å². The highest BCUT2D eigenvalue weighted by Crippen LogP contribution is 2.26. The molecule has 0 bridgehead atoms. The second kappa shape index (κ2) is 5.91. The van der Waals surface area contributed by atoms with E-state index in [4.69, 9.17) is 0 Å². The Bertz CT molecular complexity index is 237. The van der Waals surface area contributed by atoms with E-state index in [1.54, 1.807) is 0 Å². The molecule has 3 rings (SSSR count). The average Bonchev–Trinajstić information content (AvgIpc) is 2.94. The summed E-state index contributed by atoms with van der Waals surface area (Å²) >= 11 is 2.15. The zero-order valence-electron chi connectivity index (χ0n) is 10.8. The fourth-order valence-electron chi connectivity index (χ4n) is 3.38. The summed E-state index contributed by atoms with van der Waals surface area (Å²) in [6, 6.07) is 0. The Hall–Kier alpha value is 0.230. The van der Waals surface area contributed by atoms with E-state index in [2.05, 4.69) is 26.7 Å². The molecule has 0 aromatic heterocycles. The van der Waals surface area contributed by atoms with Gasteiger partial charge in [-0.2, -0.15) is 11.8 Å². The first-order chi connectivity index (χ1) is 8.45.